The number of carbonyl (C=O) groups is 3. The molecule has 0 unspecified atom stereocenters. The number of amides is 4. The molecule has 0 radical (unpaired) electrons. The zero-order chi connectivity index (χ0) is 28.5. The van der Waals surface area contributed by atoms with E-state index in [9.17, 15) is 19.5 Å². The lowest BCUT2D eigenvalue weighted by Crippen LogP contribution is -2.67. The molecular formula is C32H32N4O5. The minimum atomic E-state index is -1.17. The van der Waals surface area contributed by atoms with Crippen molar-refractivity contribution in [2.75, 3.05) is 18.0 Å². The number of carboxylic acid groups (broad SMARTS) is 1. The number of carbonyl (C=O) groups excluding carboxylic acids is 2. The second-order valence-electron chi connectivity index (χ2n) is 10.5. The fourth-order valence-electron chi connectivity index (χ4n) is 6.19. The first-order valence-corrected chi connectivity index (χ1v) is 13.9. The van der Waals surface area contributed by atoms with Crippen molar-refractivity contribution in [3.8, 4) is 0 Å². The van der Waals surface area contributed by atoms with Crippen LogP contribution in [0, 0.1) is 0 Å². The van der Waals surface area contributed by atoms with Gasteiger partial charge in [0.05, 0.1) is 29.7 Å². The van der Waals surface area contributed by atoms with Crippen molar-refractivity contribution in [1.82, 2.24) is 14.7 Å². The third kappa shape index (κ3) is 4.88. The summed E-state index contributed by atoms with van der Waals surface area (Å²) in [6.45, 7) is 2.89. The Morgan fingerprint density at radius 2 is 1.59 bits per heavy atom. The van der Waals surface area contributed by atoms with E-state index in [1.165, 1.54) is 4.90 Å². The SMILES string of the molecule is CCN(Cc1ccc2ccoc2c1)C(=O)N1[C@H]2CC[C@@H]1[C@@H](C(=O)O)N(C(=O)N(c1ccccc1)c1ccccc1)C2. The molecule has 4 aromatic rings. The van der Waals surface area contributed by atoms with Gasteiger partial charge in [-0.25, -0.2) is 14.4 Å². The molecule has 0 aliphatic carbocycles. The molecule has 0 spiro atoms. The van der Waals surface area contributed by atoms with E-state index in [-0.39, 0.29) is 18.6 Å². The Morgan fingerprint density at radius 3 is 2.22 bits per heavy atom. The Bertz CT molecular complexity index is 1520. The lowest BCUT2D eigenvalue weighted by molar-refractivity contribution is -0.145. The van der Waals surface area contributed by atoms with E-state index in [1.807, 2.05) is 91.9 Å². The normalized spacial score (nSPS) is 19.8. The number of likely N-dealkylation sites (tertiary alicyclic amines) is 1. The monoisotopic (exact) mass is 552 g/mol. The highest BCUT2D eigenvalue weighted by Gasteiger charge is 2.54. The molecule has 2 fully saturated rings. The molecule has 41 heavy (non-hydrogen) atoms. The first-order valence-electron chi connectivity index (χ1n) is 13.9. The fraction of sp³-hybridized carbons (Fsp3) is 0.281. The minimum absolute atomic E-state index is 0.143. The van der Waals surface area contributed by atoms with Gasteiger partial charge in [-0.15, -0.1) is 0 Å². The average Bonchev–Trinajstić information content (AvgIpc) is 3.58. The van der Waals surface area contributed by atoms with E-state index in [2.05, 4.69) is 0 Å². The molecule has 1 aromatic heterocycles. The zero-order valence-corrected chi connectivity index (χ0v) is 22.8. The number of aliphatic carboxylic acids is 1. The van der Waals surface area contributed by atoms with Gasteiger partial charge in [0.2, 0.25) is 0 Å². The topological polar surface area (TPSA) is 97.5 Å². The van der Waals surface area contributed by atoms with Crippen molar-refractivity contribution in [3.05, 3.63) is 96.8 Å². The highest BCUT2D eigenvalue weighted by atomic mass is 16.4. The summed E-state index contributed by atoms with van der Waals surface area (Å²) in [6.07, 6.45) is 2.79. The predicted octanol–water partition coefficient (Wildman–Crippen LogP) is 5.93. The van der Waals surface area contributed by atoms with Crippen LogP contribution in [0.25, 0.3) is 11.0 Å². The first kappa shape index (κ1) is 26.4. The number of para-hydroxylation sites is 2. The van der Waals surface area contributed by atoms with Gasteiger partial charge in [-0.3, -0.25) is 4.90 Å². The fourth-order valence-corrected chi connectivity index (χ4v) is 6.19. The van der Waals surface area contributed by atoms with Crippen LogP contribution in [0.15, 0.2) is 95.6 Å². The van der Waals surface area contributed by atoms with Gasteiger partial charge in [0.25, 0.3) is 0 Å². The Hall–Kier alpha value is -4.79. The van der Waals surface area contributed by atoms with E-state index < -0.39 is 24.1 Å². The molecular weight excluding hydrogens is 520 g/mol. The number of rotatable bonds is 6. The number of hydrogen-bond donors (Lipinski definition) is 1. The van der Waals surface area contributed by atoms with E-state index in [4.69, 9.17) is 4.42 Å². The highest BCUT2D eigenvalue weighted by Crippen LogP contribution is 2.38. The number of carboxylic acids is 1. The third-order valence-electron chi connectivity index (χ3n) is 8.14. The first-order chi connectivity index (χ1) is 20.0. The number of anilines is 2. The van der Waals surface area contributed by atoms with Gasteiger partial charge in [0.15, 0.2) is 6.04 Å². The van der Waals surface area contributed by atoms with Gasteiger partial charge < -0.3 is 24.2 Å². The van der Waals surface area contributed by atoms with E-state index in [0.29, 0.717) is 37.3 Å². The lowest BCUT2D eigenvalue weighted by Gasteiger charge is -2.47. The summed E-state index contributed by atoms with van der Waals surface area (Å²) < 4.78 is 5.53. The van der Waals surface area contributed by atoms with Crippen LogP contribution >= 0.6 is 0 Å². The standard InChI is InChI=1S/C32H32N4O5/c1-2-33(20-22-13-14-23-17-18-41-28(23)19-22)31(39)36-26-15-16-27(36)29(30(37)38)34(21-26)32(40)35(24-9-5-3-6-10-24)25-11-7-4-8-12-25/h3-14,17-19,26-27,29H,2,15-16,20-21H2,1H3,(H,37,38)/t26-,27+,29-/m0/s1. The van der Waals surface area contributed by atoms with E-state index in [0.717, 1.165) is 16.5 Å². The Balaban J connectivity index is 1.28. The van der Waals surface area contributed by atoms with Gasteiger partial charge in [0.1, 0.15) is 5.58 Å². The summed E-state index contributed by atoms with van der Waals surface area (Å²) in [7, 11) is 0. The second kappa shape index (κ2) is 11.0. The molecule has 3 heterocycles. The van der Waals surface area contributed by atoms with Crippen LogP contribution in [0.4, 0.5) is 21.0 Å². The molecule has 9 heteroatoms. The van der Waals surface area contributed by atoms with Gasteiger partial charge in [-0.2, -0.15) is 0 Å². The molecule has 4 amide bonds. The Labute approximate surface area is 238 Å². The summed E-state index contributed by atoms with van der Waals surface area (Å²) in [6, 6.07) is 23.5. The van der Waals surface area contributed by atoms with E-state index >= 15 is 0 Å². The molecule has 210 valence electrons. The number of piperazine rings is 1. The molecule has 3 aromatic carbocycles. The summed E-state index contributed by atoms with van der Waals surface area (Å²) in [5.74, 6) is -1.12. The zero-order valence-electron chi connectivity index (χ0n) is 22.8. The van der Waals surface area contributed by atoms with Gasteiger partial charge in [-0.05, 0) is 61.7 Å². The molecule has 6 rings (SSSR count). The minimum Gasteiger partial charge on any atom is -0.480 e. The molecule has 3 atom stereocenters. The Kier molecular flexibility index (Phi) is 7.09. The number of benzene rings is 3. The summed E-state index contributed by atoms with van der Waals surface area (Å²) in [4.78, 5) is 47.4. The van der Waals surface area contributed by atoms with Crippen LogP contribution in [0.2, 0.25) is 0 Å². The van der Waals surface area contributed by atoms with Crippen molar-refractivity contribution in [2.45, 2.75) is 44.4 Å². The number of urea groups is 2. The maximum absolute atomic E-state index is 14.2. The largest absolute Gasteiger partial charge is 0.480 e. The predicted molar refractivity (Wildman–Crippen MR) is 155 cm³/mol. The van der Waals surface area contributed by atoms with Crippen molar-refractivity contribution in [1.29, 1.82) is 0 Å². The number of fused-ring (bicyclic) bond motifs is 3. The summed E-state index contributed by atoms with van der Waals surface area (Å²) in [5, 5.41) is 11.4. The van der Waals surface area contributed by atoms with Gasteiger partial charge in [-0.1, -0.05) is 48.5 Å². The van der Waals surface area contributed by atoms with Crippen LogP contribution in [-0.4, -0.2) is 69.1 Å². The van der Waals surface area contributed by atoms with Crippen LogP contribution < -0.4 is 4.90 Å². The number of hydrogen-bond acceptors (Lipinski definition) is 4. The van der Waals surface area contributed by atoms with Crippen LogP contribution in [0.5, 0.6) is 0 Å². The van der Waals surface area contributed by atoms with Crippen LogP contribution in [0.3, 0.4) is 0 Å². The number of furan rings is 1. The molecule has 2 bridgehead atoms. The van der Waals surface area contributed by atoms with Crippen molar-refractivity contribution >= 4 is 40.4 Å². The van der Waals surface area contributed by atoms with Crippen LogP contribution in [0.1, 0.15) is 25.3 Å². The molecule has 9 nitrogen and oxygen atoms in total. The molecule has 0 saturated carbocycles. The number of nitrogens with zero attached hydrogens (tertiary/aromatic N) is 4. The van der Waals surface area contributed by atoms with Crippen molar-refractivity contribution in [2.24, 2.45) is 0 Å². The average molecular weight is 553 g/mol. The van der Waals surface area contributed by atoms with Gasteiger partial charge >= 0.3 is 18.0 Å². The maximum Gasteiger partial charge on any atom is 0.329 e. The highest BCUT2D eigenvalue weighted by molar-refractivity contribution is 6.01. The summed E-state index contributed by atoms with van der Waals surface area (Å²) in [5.41, 5.74) is 2.97. The molecule has 2 aliphatic heterocycles. The smallest absolute Gasteiger partial charge is 0.329 e. The van der Waals surface area contributed by atoms with Crippen molar-refractivity contribution < 1.29 is 23.9 Å². The third-order valence-corrected chi connectivity index (χ3v) is 8.14. The maximum atomic E-state index is 14.2. The lowest BCUT2D eigenvalue weighted by atomic mass is 10.0. The molecule has 2 saturated heterocycles. The summed E-state index contributed by atoms with van der Waals surface area (Å²) >= 11 is 0. The van der Waals surface area contributed by atoms with E-state index in [1.54, 1.807) is 21.0 Å². The van der Waals surface area contributed by atoms with Gasteiger partial charge in [0, 0.05) is 25.0 Å². The molecule has 2 aliphatic rings. The molecule has 1 N–H and O–H groups in total. The van der Waals surface area contributed by atoms with Crippen LogP contribution in [-0.2, 0) is 11.3 Å². The second-order valence-corrected chi connectivity index (χ2v) is 10.5. The quantitative estimate of drug-likeness (QED) is 0.320. The van der Waals surface area contributed by atoms with Crippen molar-refractivity contribution in [3.63, 3.8) is 0 Å². The Morgan fingerprint density at radius 1 is 0.902 bits per heavy atom.